The number of carbonyl (C=O) groups excluding carboxylic acids is 1. The molecule has 0 saturated carbocycles. The second-order valence-electron chi connectivity index (χ2n) is 5.25. The molecule has 6 nitrogen and oxygen atoms in total. The first kappa shape index (κ1) is 14.7. The normalized spacial score (nSPS) is 22.7. The van der Waals surface area contributed by atoms with Crippen LogP contribution in [-0.4, -0.2) is 92.7 Å². The molecular formula is C13H26N4O2. The molecule has 0 aromatic heterocycles. The number of ether oxygens (including phenoxy) is 1. The number of morpholine rings is 1. The summed E-state index contributed by atoms with van der Waals surface area (Å²) in [6, 6.07) is 0. The Hall–Kier alpha value is -0.690. The van der Waals surface area contributed by atoms with Crippen LogP contribution in [0.5, 0.6) is 0 Å². The van der Waals surface area contributed by atoms with E-state index < -0.39 is 0 Å². The van der Waals surface area contributed by atoms with Crippen molar-refractivity contribution in [3.05, 3.63) is 0 Å². The van der Waals surface area contributed by atoms with E-state index in [1.54, 1.807) is 0 Å². The lowest BCUT2D eigenvalue weighted by Gasteiger charge is -2.36. The molecule has 6 heteroatoms. The van der Waals surface area contributed by atoms with Crippen molar-refractivity contribution in [1.29, 1.82) is 0 Å². The third-order valence-electron chi connectivity index (χ3n) is 3.87. The van der Waals surface area contributed by atoms with Gasteiger partial charge in [-0.2, -0.15) is 0 Å². The quantitative estimate of drug-likeness (QED) is 0.681. The minimum Gasteiger partial charge on any atom is -0.378 e. The zero-order valence-electron chi connectivity index (χ0n) is 11.7. The molecule has 0 aromatic rings. The first-order valence-corrected chi connectivity index (χ1v) is 7.30. The molecule has 0 atom stereocenters. The minimum absolute atomic E-state index is 0.249. The topological polar surface area (TPSA) is 62.0 Å². The fourth-order valence-corrected chi connectivity index (χ4v) is 2.59. The molecule has 110 valence electrons. The maximum atomic E-state index is 12.1. The summed E-state index contributed by atoms with van der Waals surface area (Å²) in [6.45, 7) is 9.33. The Morgan fingerprint density at radius 3 is 2.26 bits per heavy atom. The highest BCUT2D eigenvalue weighted by Gasteiger charge is 2.22. The number of carbonyl (C=O) groups is 1. The molecule has 0 aliphatic carbocycles. The van der Waals surface area contributed by atoms with Crippen LogP contribution in [0.3, 0.4) is 0 Å². The Morgan fingerprint density at radius 1 is 1.00 bits per heavy atom. The van der Waals surface area contributed by atoms with Crippen LogP contribution in [0, 0.1) is 0 Å². The van der Waals surface area contributed by atoms with Gasteiger partial charge in [0.25, 0.3) is 0 Å². The second kappa shape index (κ2) is 7.79. The highest BCUT2D eigenvalue weighted by atomic mass is 16.5. The molecular weight excluding hydrogens is 244 g/mol. The van der Waals surface area contributed by atoms with Crippen LogP contribution in [0.1, 0.15) is 6.42 Å². The monoisotopic (exact) mass is 270 g/mol. The predicted molar refractivity (Wildman–Crippen MR) is 74.0 cm³/mol. The summed E-state index contributed by atoms with van der Waals surface area (Å²) >= 11 is 0. The summed E-state index contributed by atoms with van der Waals surface area (Å²) in [5, 5.41) is 0. The molecule has 2 fully saturated rings. The number of hydrogen-bond acceptors (Lipinski definition) is 5. The maximum Gasteiger partial charge on any atom is 0.236 e. The molecule has 0 bridgehead atoms. The van der Waals surface area contributed by atoms with Gasteiger partial charge in [-0.15, -0.1) is 0 Å². The average molecular weight is 270 g/mol. The van der Waals surface area contributed by atoms with E-state index in [-0.39, 0.29) is 5.91 Å². The van der Waals surface area contributed by atoms with Gasteiger partial charge in [-0.1, -0.05) is 0 Å². The molecule has 2 aliphatic heterocycles. The summed E-state index contributed by atoms with van der Waals surface area (Å²) < 4.78 is 5.27. The maximum absolute atomic E-state index is 12.1. The van der Waals surface area contributed by atoms with Crippen molar-refractivity contribution in [2.45, 2.75) is 6.42 Å². The number of nitrogens with zero attached hydrogens (tertiary/aromatic N) is 3. The number of nitrogens with two attached hydrogens (primary N) is 1. The van der Waals surface area contributed by atoms with E-state index >= 15 is 0 Å². The highest BCUT2D eigenvalue weighted by Crippen LogP contribution is 2.04. The summed E-state index contributed by atoms with van der Waals surface area (Å²) in [5.74, 6) is 0.249. The third-order valence-corrected chi connectivity index (χ3v) is 3.87. The molecule has 1 amide bonds. The smallest absolute Gasteiger partial charge is 0.236 e. The van der Waals surface area contributed by atoms with E-state index in [4.69, 9.17) is 10.5 Å². The van der Waals surface area contributed by atoms with Crippen molar-refractivity contribution < 1.29 is 9.53 Å². The first-order chi connectivity index (χ1) is 9.29. The average Bonchev–Trinajstić information content (AvgIpc) is 2.47. The van der Waals surface area contributed by atoms with E-state index in [1.807, 2.05) is 4.90 Å². The molecule has 2 heterocycles. The molecule has 19 heavy (non-hydrogen) atoms. The summed E-state index contributed by atoms with van der Waals surface area (Å²) in [4.78, 5) is 18.7. The van der Waals surface area contributed by atoms with Crippen LogP contribution in [0.4, 0.5) is 0 Å². The molecule has 2 saturated heterocycles. The standard InChI is InChI=1S/C13H26N4O2/c14-2-1-3-15-4-6-16(7-5-15)12-13(18)17-8-10-19-11-9-17/h1-12,14H2. The van der Waals surface area contributed by atoms with Gasteiger partial charge in [0, 0.05) is 39.3 Å². The fourth-order valence-electron chi connectivity index (χ4n) is 2.59. The van der Waals surface area contributed by atoms with Crippen molar-refractivity contribution in [1.82, 2.24) is 14.7 Å². The lowest BCUT2D eigenvalue weighted by molar-refractivity contribution is -0.136. The van der Waals surface area contributed by atoms with E-state index in [9.17, 15) is 4.79 Å². The largest absolute Gasteiger partial charge is 0.378 e. The number of amides is 1. The van der Waals surface area contributed by atoms with Crippen molar-refractivity contribution >= 4 is 5.91 Å². The van der Waals surface area contributed by atoms with E-state index in [2.05, 4.69) is 9.80 Å². The van der Waals surface area contributed by atoms with Crippen molar-refractivity contribution in [2.24, 2.45) is 5.73 Å². The van der Waals surface area contributed by atoms with Gasteiger partial charge in [-0.05, 0) is 19.5 Å². The highest BCUT2D eigenvalue weighted by molar-refractivity contribution is 5.78. The molecule has 2 N–H and O–H groups in total. The van der Waals surface area contributed by atoms with Gasteiger partial charge >= 0.3 is 0 Å². The third kappa shape index (κ3) is 4.72. The van der Waals surface area contributed by atoms with Crippen LogP contribution in [0.2, 0.25) is 0 Å². The Labute approximate surface area is 115 Å². The molecule has 0 unspecified atom stereocenters. The number of piperazine rings is 1. The fraction of sp³-hybridized carbons (Fsp3) is 0.923. The Morgan fingerprint density at radius 2 is 1.63 bits per heavy atom. The summed E-state index contributed by atoms with van der Waals surface area (Å²) in [6.07, 6.45) is 1.06. The lowest BCUT2D eigenvalue weighted by Crippen LogP contribution is -2.51. The van der Waals surface area contributed by atoms with Crippen LogP contribution in [-0.2, 0) is 9.53 Å². The van der Waals surface area contributed by atoms with Crippen molar-refractivity contribution in [3.8, 4) is 0 Å². The number of rotatable bonds is 5. The van der Waals surface area contributed by atoms with Crippen molar-refractivity contribution in [2.75, 3.05) is 72.1 Å². The van der Waals surface area contributed by atoms with Gasteiger partial charge in [0.1, 0.15) is 0 Å². The van der Waals surface area contributed by atoms with E-state index in [0.717, 1.165) is 58.8 Å². The van der Waals surface area contributed by atoms with Crippen molar-refractivity contribution in [3.63, 3.8) is 0 Å². The van der Waals surface area contributed by atoms with Gasteiger partial charge in [0.05, 0.1) is 19.8 Å². The van der Waals surface area contributed by atoms with Crippen LogP contribution >= 0.6 is 0 Å². The van der Waals surface area contributed by atoms with E-state index in [0.29, 0.717) is 19.8 Å². The first-order valence-electron chi connectivity index (χ1n) is 7.30. The van der Waals surface area contributed by atoms with Gasteiger partial charge in [-0.25, -0.2) is 0 Å². The molecule has 0 spiro atoms. The Bertz CT molecular complexity index is 274. The van der Waals surface area contributed by atoms with Crippen LogP contribution in [0.15, 0.2) is 0 Å². The minimum atomic E-state index is 0.249. The molecule has 0 radical (unpaired) electrons. The predicted octanol–water partition coefficient (Wildman–Crippen LogP) is -1.19. The van der Waals surface area contributed by atoms with Gasteiger partial charge < -0.3 is 20.3 Å². The lowest BCUT2D eigenvalue weighted by atomic mass is 10.2. The molecule has 2 rings (SSSR count). The molecule has 0 aromatic carbocycles. The van der Waals surface area contributed by atoms with Gasteiger partial charge in [0.15, 0.2) is 0 Å². The Balaban J connectivity index is 1.65. The second-order valence-corrected chi connectivity index (χ2v) is 5.25. The zero-order valence-corrected chi connectivity index (χ0v) is 11.7. The van der Waals surface area contributed by atoms with Gasteiger partial charge in [0.2, 0.25) is 5.91 Å². The van der Waals surface area contributed by atoms with Gasteiger partial charge in [-0.3, -0.25) is 9.69 Å². The SMILES string of the molecule is NCCCN1CCN(CC(=O)N2CCOCC2)CC1. The van der Waals surface area contributed by atoms with Crippen LogP contribution in [0.25, 0.3) is 0 Å². The summed E-state index contributed by atoms with van der Waals surface area (Å²) in [5.41, 5.74) is 5.52. The molecule has 2 aliphatic rings. The number of hydrogen-bond donors (Lipinski definition) is 1. The zero-order chi connectivity index (χ0) is 13.5. The summed E-state index contributed by atoms with van der Waals surface area (Å²) in [7, 11) is 0. The van der Waals surface area contributed by atoms with Crippen LogP contribution < -0.4 is 5.73 Å². The van der Waals surface area contributed by atoms with E-state index in [1.165, 1.54) is 0 Å². The Kier molecular flexibility index (Phi) is 6.03.